The monoisotopic (exact) mass is 412 g/mol. The third-order valence-electron chi connectivity index (χ3n) is 5.42. The topological polar surface area (TPSA) is 24.5 Å². The summed E-state index contributed by atoms with van der Waals surface area (Å²) >= 11 is 3.64. The molecular formula is C19H33BrN2OSi. The van der Waals surface area contributed by atoms with Gasteiger partial charge in [-0.15, -0.1) is 0 Å². The zero-order chi connectivity index (χ0) is 18.1. The number of nitrogens with zero attached hydrogens (tertiary/aromatic N) is 1. The summed E-state index contributed by atoms with van der Waals surface area (Å²) < 4.78 is 7.65. The highest BCUT2D eigenvalue weighted by molar-refractivity contribution is 9.10. The number of halogens is 1. The van der Waals surface area contributed by atoms with Crippen molar-refractivity contribution < 1.29 is 4.53 Å². The van der Waals surface area contributed by atoms with Crippen LogP contribution in [0.2, 0.25) is 18.1 Å². The third-order valence-corrected chi connectivity index (χ3v) is 11.0. The van der Waals surface area contributed by atoms with E-state index in [0.717, 1.165) is 25.9 Å². The summed E-state index contributed by atoms with van der Waals surface area (Å²) in [7, 11) is -1.71. The number of nitrogens with one attached hydrogen (secondary N) is 1. The molecule has 5 heteroatoms. The molecule has 1 saturated heterocycles. The van der Waals surface area contributed by atoms with Gasteiger partial charge in [-0.2, -0.15) is 0 Å². The number of anilines is 1. The van der Waals surface area contributed by atoms with Gasteiger partial charge in [-0.25, -0.2) is 5.06 Å². The molecule has 0 radical (unpaired) electrons. The van der Waals surface area contributed by atoms with Crippen molar-refractivity contribution in [1.82, 2.24) is 5.06 Å². The van der Waals surface area contributed by atoms with Crippen molar-refractivity contribution in [2.24, 2.45) is 0 Å². The van der Waals surface area contributed by atoms with Gasteiger partial charge in [0.15, 0.2) is 0 Å². The maximum absolute atomic E-state index is 6.43. The van der Waals surface area contributed by atoms with Crippen LogP contribution in [0.25, 0.3) is 0 Å². The summed E-state index contributed by atoms with van der Waals surface area (Å²) in [4.78, 5) is 0. The summed E-state index contributed by atoms with van der Waals surface area (Å²) in [5.74, 6) is 0. The Labute approximate surface area is 157 Å². The van der Waals surface area contributed by atoms with Crippen molar-refractivity contribution in [3.8, 4) is 0 Å². The second kappa shape index (κ2) is 7.48. The van der Waals surface area contributed by atoms with E-state index in [1.165, 1.54) is 21.3 Å². The largest absolute Gasteiger partial charge is 0.382 e. The summed E-state index contributed by atoms with van der Waals surface area (Å²) in [6.07, 6.45) is 2.26. The van der Waals surface area contributed by atoms with Crippen LogP contribution in [-0.2, 0) is 4.53 Å². The standard InChI is InChI=1S/C19H33BrN2OSi/c1-14-12-17(13-15(2)18(14)20)21-16-8-10-22(11-9-16)23-24(6,7)19(3,4)5/h12-13,16,21H,8-11H2,1-7H3. The van der Waals surface area contributed by atoms with E-state index in [4.69, 9.17) is 4.53 Å². The lowest BCUT2D eigenvalue weighted by molar-refractivity contribution is -0.0877. The van der Waals surface area contributed by atoms with E-state index in [9.17, 15) is 0 Å². The zero-order valence-electron chi connectivity index (χ0n) is 16.3. The van der Waals surface area contributed by atoms with Gasteiger partial charge >= 0.3 is 0 Å². The Balaban J connectivity index is 1.89. The Morgan fingerprint density at radius 2 is 1.62 bits per heavy atom. The van der Waals surface area contributed by atoms with Crippen LogP contribution in [0.5, 0.6) is 0 Å². The number of aryl methyl sites for hydroxylation is 2. The van der Waals surface area contributed by atoms with E-state index in [1.807, 2.05) is 0 Å². The minimum absolute atomic E-state index is 0.259. The summed E-state index contributed by atoms with van der Waals surface area (Å²) in [5.41, 5.74) is 3.81. The number of hydrogen-bond acceptors (Lipinski definition) is 3. The average molecular weight is 413 g/mol. The molecule has 0 atom stereocenters. The number of hydroxylamine groups is 2. The minimum Gasteiger partial charge on any atom is -0.382 e. The first-order chi connectivity index (χ1) is 11.0. The lowest BCUT2D eigenvalue weighted by Crippen LogP contribution is -2.50. The van der Waals surface area contributed by atoms with Crippen molar-refractivity contribution in [3.63, 3.8) is 0 Å². The highest BCUT2D eigenvalue weighted by Gasteiger charge is 2.40. The van der Waals surface area contributed by atoms with Gasteiger partial charge in [0.05, 0.1) is 0 Å². The summed E-state index contributed by atoms with van der Waals surface area (Å²) in [6.45, 7) is 17.9. The molecule has 0 aliphatic carbocycles. The molecule has 0 saturated carbocycles. The van der Waals surface area contributed by atoms with Crippen LogP contribution in [0.1, 0.15) is 44.7 Å². The number of piperidine rings is 1. The Morgan fingerprint density at radius 1 is 1.12 bits per heavy atom. The smallest absolute Gasteiger partial charge is 0.220 e. The zero-order valence-corrected chi connectivity index (χ0v) is 18.9. The van der Waals surface area contributed by atoms with E-state index in [-0.39, 0.29) is 5.04 Å². The molecule has 24 heavy (non-hydrogen) atoms. The van der Waals surface area contributed by atoms with Crippen LogP contribution in [0.15, 0.2) is 16.6 Å². The van der Waals surface area contributed by atoms with Crippen LogP contribution in [0.3, 0.4) is 0 Å². The molecule has 1 heterocycles. The van der Waals surface area contributed by atoms with Crippen LogP contribution in [0, 0.1) is 13.8 Å². The molecule has 1 aromatic carbocycles. The van der Waals surface area contributed by atoms with Crippen molar-refractivity contribution in [1.29, 1.82) is 0 Å². The van der Waals surface area contributed by atoms with Crippen molar-refractivity contribution in [2.75, 3.05) is 18.4 Å². The van der Waals surface area contributed by atoms with Gasteiger partial charge in [-0.1, -0.05) is 36.7 Å². The fraction of sp³-hybridized carbons (Fsp3) is 0.684. The molecule has 1 aliphatic rings. The van der Waals surface area contributed by atoms with Gasteiger partial charge in [0.1, 0.15) is 0 Å². The Morgan fingerprint density at radius 3 is 2.08 bits per heavy atom. The van der Waals surface area contributed by atoms with Gasteiger partial charge in [-0.3, -0.25) is 0 Å². The fourth-order valence-corrected chi connectivity index (χ4v) is 4.15. The van der Waals surface area contributed by atoms with Gasteiger partial charge in [0, 0.05) is 29.3 Å². The number of hydrogen-bond donors (Lipinski definition) is 1. The van der Waals surface area contributed by atoms with E-state index in [1.54, 1.807) is 0 Å². The molecule has 0 spiro atoms. The highest BCUT2D eigenvalue weighted by Crippen LogP contribution is 2.37. The first-order valence-corrected chi connectivity index (χ1v) is 12.7. The third kappa shape index (κ3) is 4.84. The molecule has 1 aliphatic heterocycles. The summed E-state index contributed by atoms with van der Waals surface area (Å²) in [5, 5.41) is 6.19. The number of rotatable bonds is 4. The maximum atomic E-state index is 6.43. The van der Waals surface area contributed by atoms with Crippen LogP contribution < -0.4 is 5.32 Å². The van der Waals surface area contributed by atoms with Gasteiger partial charge in [-0.05, 0) is 68.1 Å². The second-order valence-corrected chi connectivity index (χ2v) is 14.1. The lowest BCUT2D eigenvalue weighted by atomic mass is 10.0. The van der Waals surface area contributed by atoms with Crippen molar-refractivity contribution in [3.05, 3.63) is 27.7 Å². The maximum Gasteiger partial charge on any atom is 0.220 e. The molecular weight excluding hydrogens is 380 g/mol. The minimum atomic E-state index is -1.71. The molecule has 0 bridgehead atoms. The molecule has 0 amide bonds. The van der Waals surface area contributed by atoms with E-state index >= 15 is 0 Å². The second-order valence-electron chi connectivity index (χ2n) is 8.62. The van der Waals surface area contributed by atoms with Gasteiger partial charge in [0.25, 0.3) is 0 Å². The lowest BCUT2D eigenvalue weighted by Gasteiger charge is -2.42. The Kier molecular flexibility index (Phi) is 6.22. The highest BCUT2D eigenvalue weighted by atomic mass is 79.9. The quantitative estimate of drug-likeness (QED) is 0.624. The fourth-order valence-electron chi connectivity index (χ4n) is 2.82. The average Bonchev–Trinajstić information content (AvgIpc) is 2.45. The van der Waals surface area contributed by atoms with Gasteiger partial charge < -0.3 is 9.84 Å². The van der Waals surface area contributed by atoms with E-state index in [2.05, 4.69) is 86.2 Å². The predicted molar refractivity (Wildman–Crippen MR) is 110 cm³/mol. The summed E-state index contributed by atoms with van der Waals surface area (Å²) in [6, 6.07) is 5.00. The van der Waals surface area contributed by atoms with E-state index < -0.39 is 8.32 Å². The molecule has 2 rings (SSSR count). The first-order valence-electron chi connectivity index (χ1n) is 8.97. The molecule has 136 valence electrons. The molecule has 0 unspecified atom stereocenters. The molecule has 3 nitrogen and oxygen atoms in total. The van der Waals surface area contributed by atoms with Crippen LogP contribution in [0.4, 0.5) is 5.69 Å². The first kappa shape index (κ1) is 20.0. The molecule has 1 aromatic rings. The molecule has 0 aromatic heterocycles. The Bertz CT molecular complexity index is 552. The SMILES string of the molecule is Cc1cc(NC2CCN(O[Si](C)(C)C(C)(C)C)CC2)cc(C)c1Br. The van der Waals surface area contributed by atoms with Crippen molar-refractivity contribution in [2.45, 2.75) is 71.6 Å². The van der Waals surface area contributed by atoms with Crippen LogP contribution >= 0.6 is 15.9 Å². The van der Waals surface area contributed by atoms with Crippen LogP contribution in [-0.4, -0.2) is 32.5 Å². The molecule has 1 N–H and O–H groups in total. The Hall–Kier alpha value is -0.363. The normalized spacial score (nSPS) is 18.0. The number of benzene rings is 1. The molecule has 1 fully saturated rings. The van der Waals surface area contributed by atoms with Gasteiger partial charge in [0.2, 0.25) is 8.32 Å². The van der Waals surface area contributed by atoms with Crippen molar-refractivity contribution >= 4 is 29.9 Å². The predicted octanol–water partition coefficient (Wildman–Crippen LogP) is 5.88. The van der Waals surface area contributed by atoms with E-state index in [0.29, 0.717) is 6.04 Å².